The maximum atomic E-state index is 11.5. The molecular formula is C17H26BrNO8. The van der Waals surface area contributed by atoms with Gasteiger partial charge >= 0.3 is 5.97 Å². The van der Waals surface area contributed by atoms with Crippen molar-refractivity contribution in [1.29, 1.82) is 0 Å². The third-order valence-corrected chi connectivity index (χ3v) is 3.61. The molecule has 0 spiro atoms. The van der Waals surface area contributed by atoms with E-state index >= 15 is 0 Å². The molecular weight excluding hydrogens is 426 g/mol. The second-order valence-corrected chi connectivity index (χ2v) is 5.98. The van der Waals surface area contributed by atoms with Crippen molar-refractivity contribution in [2.45, 2.75) is 19.3 Å². The van der Waals surface area contributed by atoms with Gasteiger partial charge in [-0.3, -0.25) is 9.59 Å². The third-order valence-electron chi connectivity index (χ3n) is 3.24. The van der Waals surface area contributed by atoms with Crippen LogP contribution in [-0.2, 0) is 38.2 Å². The molecule has 1 heterocycles. The highest BCUT2D eigenvalue weighted by molar-refractivity contribution is 9.09. The van der Waals surface area contributed by atoms with Gasteiger partial charge < -0.3 is 23.8 Å². The predicted octanol–water partition coefficient (Wildman–Crippen LogP) is 1.00. The van der Waals surface area contributed by atoms with Crippen molar-refractivity contribution in [1.82, 2.24) is 5.06 Å². The molecule has 1 fully saturated rings. The van der Waals surface area contributed by atoms with Crippen LogP contribution in [0.15, 0.2) is 12.2 Å². The van der Waals surface area contributed by atoms with Gasteiger partial charge in [-0.05, 0) is 0 Å². The van der Waals surface area contributed by atoms with Crippen LogP contribution in [0.2, 0.25) is 0 Å². The van der Waals surface area contributed by atoms with Gasteiger partial charge in [0.05, 0.1) is 59.3 Å². The summed E-state index contributed by atoms with van der Waals surface area (Å²) in [6.45, 7) is 3.31. The number of carbonyl (C=O) groups is 3. The van der Waals surface area contributed by atoms with Crippen LogP contribution in [-0.4, -0.2) is 81.0 Å². The Hall–Kier alpha value is -1.33. The lowest BCUT2D eigenvalue weighted by Gasteiger charge is -2.12. The van der Waals surface area contributed by atoms with Gasteiger partial charge in [0.15, 0.2) is 0 Å². The van der Waals surface area contributed by atoms with Crippen molar-refractivity contribution in [3.63, 3.8) is 0 Å². The zero-order valence-corrected chi connectivity index (χ0v) is 16.8. The molecule has 0 aromatic carbocycles. The number of allylic oxidation sites excluding steroid dienone is 1. The maximum Gasteiger partial charge on any atom is 0.335 e. The molecule has 1 aliphatic heterocycles. The zero-order valence-electron chi connectivity index (χ0n) is 15.2. The highest BCUT2D eigenvalue weighted by Gasteiger charge is 2.32. The highest BCUT2D eigenvalue weighted by atomic mass is 79.9. The molecule has 0 radical (unpaired) electrons. The number of amides is 2. The fourth-order valence-corrected chi connectivity index (χ4v) is 2.17. The van der Waals surface area contributed by atoms with Crippen LogP contribution in [0.5, 0.6) is 0 Å². The van der Waals surface area contributed by atoms with Gasteiger partial charge in [0.2, 0.25) is 0 Å². The number of ether oxygens (including phenoxy) is 4. The second-order valence-electron chi connectivity index (χ2n) is 5.33. The molecule has 0 saturated carbocycles. The third kappa shape index (κ3) is 11.9. The van der Waals surface area contributed by atoms with E-state index in [-0.39, 0.29) is 25.9 Å². The van der Waals surface area contributed by atoms with Crippen LogP contribution >= 0.6 is 15.9 Å². The molecule has 0 aromatic rings. The average Bonchev–Trinajstić information content (AvgIpc) is 2.97. The van der Waals surface area contributed by atoms with Crippen LogP contribution in [0.4, 0.5) is 0 Å². The van der Waals surface area contributed by atoms with E-state index in [1.807, 2.05) is 12.2 Å². The highest BCUT2D eigenvalue weighted by Crippen LogP contribution is 2.12. The summed E-state index contributed by atoms with van der Waals surface area (Å²) in [6.07, 6.45) is 4.00. The van der Waals surface area contributed by atoms with Crippen molar-refractivity contribution in [2.24, 2.45) is 0 Å². The first-order valence-corrected chi connectivity index (χ1v) is 9.85. The molecule has 1 aliphatic rings. The molecule has 9 nitrogen and oxygen atoms in total. The summed E-state index contributed by atoms with van der Waals surface area (Å²) in [4.78, 5) is 38.8. The van der Waals surface area contributed by atoms with E-state index in [0.717, 1.165) is 5.33 Å². The molecule has 154 valence electrons. The normalized spacial score (nSPS) is 14.5. The lowest BCUT2D eigenvalue weighted by atomic mass is 10.4. The van der Waals surface area contributed by atoms with E-state index in [0.29, 0.717) is 51.3 Å². The van der Waals surface area contributed by atoms with Gasteiger partial charge in [-0.2, -0.15) is 0 Å². The molecule has 10 heteroatoms. The molecule has 0 bridgehead atoms. The Balaban J connectivity index is 1.82. The first kappa shape index (κ1) is 23.7. The predicted molar refractivity (Wildman–Crippen MR) is 98.0 cm³/mol. The molecule has 0 unspecified atom stereocenters. The van der Waals surface area contributed by atoms with E-state index in [9.17, 15) is 14.4 Å². The Morgan fingerprint density at radius 3 is 1.93 bits per heavy atom. The Morgan fingerprint density at radius 2 is 1.37 bits per heavy atom. The lowest BCUT2D eigenvalue weighted by molar-refractivity contribution is -0.198. The largest absolute Gasteiger partial charge is 0.378 e. The number of halogens is 1. The number of imide groups is 1. The minimum absolute atomic E-state index is 0.0506. The molecule has 0 aliphatic carbocycles. The number of hydroxylamine groups is 2. The minimum atomic E-state index is -0.683. The van der Waals surface area contributed by atoms with Gasteiger partial charge in [0.1, 0.15) is 0 Å². The molecule has 2 amide bonds. The summed E-state index contributed by atoms with van der Waals surface area (Å²) in [5.74, 6) is -1.68. The van der Waals surface area contributed by atoms with Crippen LogP contribution in [0.3, 0.4) is 0 Å². The van der Waals surface area contributed by atoms with Crippen molar-refractivity contribution in [3.8, 4) is 0 Å². The summed E-state index contributed by atoms with van der Waals surface area (Å²) in [7, 11) is 0. The number of hydrogen-bond acceptors (Lipinski definition) is 8. The molecule has 0 atom stereocenters. The van der Waals surface area contributed by atoms with Gasteiger partial charge in [-0.25, -0.2) is 4.79 Å². The Morgan fingerprint density at radius 1 is 0.852 bits per heavy atom. The molecule has 0 N–H and O–H groups in total. The number of hydrogen-bond donors (Lipinski definition) is 0. The summed E-state index contributed by atoms with van der Waals surface area (Å²) >= 11 is 3.28. The molecule has 1 rings (SSSR count). The molecule has 0 aromatic heterocycles. The smallest absolute Gasteiger partial charge is 0.335 e. The second kappa shape index (κ2) is 15.7. The van der Waals surface area contributed by atoms with Crippen molar-refractivity contribution in [2.75, 3.05) is 58.2 Å². The van der Waals surface area contributed by atoms with E-state index in [1.165, 1.54) is 0 Å². The monoisotopic (exact) mass is 451 g/mol. The van der Waals surface area contributed by atoms with Crippen LogP contribution in [0.25, 0.3) is 0 Å². The molecule has 27 heavy (non-hydrogen) atoms. The Labute approximate surface area is 167 Å². The Bertz CT molecular complexity index is 470. The van der Waals surface area contributed by atoms with Crippen LogP contribution in [0, 0.1) is 0 Å². The number of nitrogens with zero attached hydrogens (tertiary/aromatic N) is 1. The first-order chi connectivity index (χ1) is 13.1. The fraction of sp³-hybridized carbons (Fsp3) is 0.706. The first-order valence-electron chi connectivity index (χ1n) is 8.73. The summed E-state index contributed by atoms with van der Waals surface area (Å²) in [5, 5.41) is 1.34. The average molecular weight is 452 g/mol. The fourth-order valence-electron chi connectivity index (χ4n) is 1.90. The number of rotatable bonds is 16. The van der Waals surface area contributed by atoms with Gasteiger partial charge in [-0.1, -0.05) is 28.1 Å². The molecule has 1 saturated heterocycles. The van der Waals surface area contributed by atoms with Gasteiger partial charge in [0.25, 0.3) is 11.8 Å². The summed E-state index contributed by atoms with van der Waals surface area (Å²) < 4.78 is 21.2. The SMILES string of the molecule is O=C(CCOCCOCCOCCOC/C=C/CBr)ON1C(=O)CCC1=O. The van der Waals surface area contributed by atoms with E-state index in [1.54, 1.807) is 0 Å². The van der Waals surface area contributed by atoms with Crippen molar-refractivity contribution in [3.05, 3.63) is 12.2 Å². The maximum absolute atomic E-state index is 11.5. The van der Waals surface area contributed by atoms with E-state index in [2.05, 4.69) is 15.9 Å². The summed E-state index contributed by atoms with van der Waals surface area (Å²) in [6, 6.07) is 0. The van der Waals surface area contributed by atoms with Gasteiger partial charge in [-0.15, -0.1) is 5.06 Å². The summed E-state index contributed by atoms with van der Waals surface area (Å²) in [5.41, 5.74) is 0. The zero-order chi connectivity index (χ0) is 19.7. The Kier molecular flexibility index (Phi) is 13.8. The number of carbonyl (C=O) groups excluding carboxylic acids is 3. The topological polar surface area (TPSA) is 101 Å². The van der Waals surface area contributed by atoms with Crippen molar-refractivity contribution < 1.29 is 38.2 Å². The van der Waals surface area contributed by atoms with Gasteiger partial charge in [0, 0.05) is 18.2 Å². The van der Waals surface area contributed by atoms with E-state index < -0.39 is 17.8 Å². The lowest BCUT2D eigenvalue weighted by Crippen LogP contribution is -2.32. The van der Waals surface area contributed by atoms with E-state index in [4.69, 9.17) is 23.8 Å². The standard InChI is InChI=1S/C17H26BrNO8/c18-6-1-2-7-23-9-11-25-13-14-26-12-10-24-8-5-17(22)27-19-15(20)3-4-16(19)21/h1-2H,3-14H2/b2-1+. The van der Waals surface area contributed by atoms with Crippen LogP contribution in [0.1, 0.15) is 19.3 Å². The van der Waals surface area contributed by atoms with Crippen molar-refractivity contribution >= 4 is 33.7 Å². The quantitative estimate of drug-likeness (QED) is 0.148. The number of alkyl halides is 1. The minimum Gasteiger partial charge on any atom is -0.378 e. The van der Waals surface area contributed by atoms with Crippen LogP contribution < -0.4 is 0 Å².